The van der Waals surface area contributed by atoms with Crippen LogP contribution < -0.4 is 4.72 Å². The molecule has 0 aliphatic rings. The van der Waals surface area contributed by atoms with E-state index in [1.165, 1.54) is 11.4 Å². The highest BCUT2D eigenvalue weighted by Crippen LogP contribution is 2.20. The maximum Gasteiger partial charge on any atom is 0.345 e. The molecule has 0 aliphatic heterocycles. The summed E-state index contributed by atoms with van der Waals surface area (Å²) in [7, 11) is -3.93. The molecular weight excluding hydrogens is 306 g/mol. The fourth-order valence-corrected chi connectivity index (χ4v) is 2.91. The van der Waals surface area contributed by atoms with Crippen LogP contribution in [0.15, 0.2) is 11.4 Å². The van der Waals surface area contributed by atoms with Gasteiger partial charge in [-0.15, -0.1) is 11.3 Å². The molecular formula is C11H15NO6S2. The lowest BCUT2D eigenvalue weighted by Gasteiger charge is -2.19. The Morgan fingerprint density at radius 1 is 1.40 bits per heavy atom. The van der Waals surface area contributed by atoms with E-state index in [0.717, 1.165) is 11.3 Å². The SMILES string of the molecule is CC(C)(C)OC(=O)CS(=O)(=O)Nc1csc(C(=O)O)c1. The standard InChI is InChI=1S/C11H15NO6S2/c1-11(2,3)18-9(13)6-20(16,17)12-7-4-8(10(14)15)19-5-7/h4-5,12H,6H2,1-3H3,(H,14,15). The maximum atomic E-state index is 11.7. The maximum absolute atomic E-state index is 11.7. The smallest absolute Gasteiger partial charge is 0.345 e. The molecule has 0 atom stereocenters. The van der Waals surface area contributed by atoms with Crippen LogP contribution in [0.5, 0.6) is 0 Å². The Morgan fingerprint density at radius 3 is 2.45 bits per heavy atom. The van der Waals surface area contributed by atoms with Gasteiger partial charge in [0.15, 0.2) is 5.75 Å². The van der Waals surface area contributed by atoms with E-state index in [1.807, 2.05) is 0 Å². The number of rotatable bonds is 5. The Labute approximate surface area is 120 Å². The number of hydrogen-bond donors (Lipinski definition) is 2. The third kappa shape index (κ3) is 5.57. The molecule has 1 heterocycles. The largest absolute Gasteiger partial charge is 0.477 e. The first kappa shape index (κ1) is 16.4. The van der Waals surface area contributed by atoms with Crippen LogP contribution in [-0.4, -0.2) is 36.8 Å². The van der Waals surface area contributed by atoms with Gasteiger partial charge in [0.05, 0.1) is 5.69 Å². The lowest BCUT2D eigenvalue weighted by molar-refractivity contribution is -0.151. The minimum absolute atomic E-state index is 0.0000296. The number of nitrogens with one attached hydrogen (secondary N) is 1. The van der Waals surface area contributed by atoms with E-state index >= 15 is 0 Å². The van der Waals surface area contributed by atoms with E-state index in [9.17, 15) is 18.0 Å². The Kier molecular flexibility index (Phi) is 4.77. The zero-order chi connectivity index (χ0) is 15.6. The summed E-state index contributed by atoms with van der Waals surface area (Å²) >= 11 is 0.885. The summed E-state index contributed by atoms with van der Waals surface area (Å²) in [6.45, 7) is 4.88. The fourth-order valence-electron chi connectivity index (χ4n) is 1.24. The number of ether oxygens (including phenoxy) is 1. The van der Waals surface area contributed by atoms with Crippen molar-refractivity contribution in [3.8, 4) is 0 Å². The first-order valence-corrected chi connectivity index (χ1v) is 8.06. The molecule has 0 radical (unpaired) electrons. The Morgan fingerprint density at radius 2 is 2.00 bits per heavy atom. The van der Waals surface area contributed by atoms with Gasteiger partial charge in [0, 0.05) is 5.38 Å². The van der Waals surface area contributed by atoms with Crippen molar-refractivity contribution in [1.29, 1.82) is 0 Å². The molecule has 20 heavy (non-hydrogen) atoms. The second kappa shape index (κ2) is 5.80. The minimum Gasteiger partial charge on any atom is -0.477 e. The highest BCUT2D eigenvalue weighted by Gasteiger charge is 2.23. The molecule has 0 aromatic carbocycles. The summed E-state index contributed by atoms with van der Waals surface area (Å²) < 4.78 is 30.5. The average molecular weight is 321 g/mol. The molecule has 0 aliphatic carbocycles. The number of carbonyl (C=O) groups is 2. The molecule has 0 bridgehead atoms. The highest BCUT2D eigenvalue weighted by atomic mass is 32.2. The van der Waals surface area contributed by atoms with E-state index in [1.54, 1.807) is 20.8 Å². The van der Waals surface area contributed by atoms with Crippen molar-refractivity contribution in [2.45, 2.75) is 26.4 Å². The lowest BCUT2D eigenvalue weighted by Crippen LogP contribution is -2.30. The summed E-state index contributed by atoms with van der Waals surface area (Å²) in [4.78, 5) is 22.1. The van der Waals surface area contributed by atoms with Crippen LogP contribution in [0.2, 0.25) is 0 Å². The van der Waals surface area contributed by atoms with Crippen LogP contribution in [-0.2, 0) is 19.6 Å². The quantitative estimate of drug-likeness (QED) is 0.796. The number of carbonyl (C=O) groups excluding carboxylic acids is 1. The lowest BCUT2D eigenvalue weighted by atomic mass is 10.2. The number of anilines is 1. The van der Waals surface area contributed by atoms with Gasteiger partial charge in [-0.2, -0.15) is 0 Å². The van der Waals surface area contributed by atoms with E-state index < -0.39 is 33.3 Å². The molecule has 9 heteroatoms. The zero-order valence-electron chi connectivity index (χ0n) is 11.2. The number of sulfonamides is 1. The molecule has 0 saturated carbocycles. The summed E-state index contributed by atoms with van der Waals surface area (Å²) in [5.74, 6) is -2.85. The molecule has 0 unspecified atom stereocenters. The number of aromatic carboxylic acids is 1. The molecule has 2 N–H and O–H groups in total. The van der Waals surface area contributed by atoms with Gasteiger partial charge in [-0.05, 0) is 26.8 Å². The second-order valence-electron chi connectivity index (χ2n) is 4.95. The Bertz CT molecular complexity index is 611. The van der Waals surface area contributed by atoms with Gasteiger partial charge >= 0.3 is 11.9 Å². The summed E-state index contributed by atoms with van der Waals surface area (Å²) in [5.41, 5.74) is -0.665. The fraction of sp³-hybridized carbons (Fsp3) is 0.455. The summed E-state index contributed by atoms with van der Waals surface area (Å²) in [6, 6.07) is 1.18. The van der Waals surface area contributed by atoms with Crippen molar-refractivity contribution < 1.29 is 27.9 Å². The number of carboxylic acids is 1. The second-order valence-corrected chi connectivity index (χ2v) is 7.59. The molecule has 0 spiro atoms. The number of thiophene rings is 1. The third-order valence-corrected chi connectivity index (χ3v) is 3.89. The van der Waals surface area contributed by atoms with Crippen molar-refractivity contribution in [3.05, 3.63) is 16.3 Å². The van der Waals surface area contributed by atoms with Gasteiger partial charge in [0.1, 0.15) is 10.5 Å². The normalized spacial score (nSPS) is 11.9. The molecule has 1 rings (SSSR count). The van der Waals surface area contributed by atoms with Crippen molar-refractivity contribution >= 4 is 39.0 Å². The van der Waals surface area contributed by atoms with Crippen LogP contribution in [0, 0.1) is 0 Å². The number of hydrogen-bond acceptors (Lipinski definition) is 6. The molecule has 0 amide bonds. The van der Waals surface area contributed by atoms with Crippen molar-refractivity contribution in [2.24, 2.45) is 0 Å². The van der Waals surface area contributed by atoms with E-state index in [-0.39, 0.29) is 10.6 Å². The molecule has 0 fully saturated rings. The average Bonchev–Trinajstić information content (AvgIpc) is 2.60. The zero-order valence-corrected chi connectivity index (χ0v) is 12.8. The predicted octanol–water partition coefficient (Wildman–Crippen LogP) is 1.53. The van der Waals surface area contributed by atoms with Crippen LogP contribution in [0.4, 0.5) is 5.69 Å². The number of esters is 1. The van der Waals surface area contributed by atoms with Gasteiger partial charge in [0.25, 0.3) is 0 Å². The van der Waals surface area contributed by atoms with Gasteiger partial charge in [0.2, 0.25) is 10.0 Å². The van der Waals surface area contributed by atoms with Crippen molar-refractivity contribution in [3.63, 3.8) is 0 Å². The van der Waals surface area contributed by atoms with Gasteiger partial charge in [-0.3, -0.25) is 9.52 Å². The van der Waals surface area contributed by atoms with Crippen LogP contribution in [0.25, 0.3) is 0 Å². The van der Waals surface area contributed by atoms with Crippen molar-refractivity contribution in [1.82, 2.24) is 0 Å². The number of carboxylic acid groups (broad SMARTS) is 1. The summed E-state index contributed by atoms with van der Waals surface area (Å²) in [5, 5.41) is 10.1. The predicted molar refractivity (Wildman–Crippen MR) is 74.5 cm³/mol. The Hall–Kier alpha value is -1.61. The van der Waals surface area contributed by atoms with Gasteiger partial charge in [-0.25, -0.2) is 13.2 Å². The van der Waals surface area contributed by atoms with Gasteiger partial charge < -0.3 is 9.84 Å². The van der Waals surface area contributed by atoms with E-state index in [4.69, 9.17) is 9.84 Å². The van der Waals surface area contributed by atoms with E-state index in [2.05, 4.69) is 4.72 Å². The molecule has 0 saturated heterocycles. The van der Waals surface area contributed by atoms with E-state index in [0.29, 0.717) is 0 Å². The summed E-state index contributed by atoms with van der Waals surface area (Å²) in [6.07, 6.45) is 0. The van der Waals surface area contributed by atoms with Crippen molar-refractivity contribution in [2.75, 3.05) is 10.5 Å². The third-order valence-electron chi connectivity index (χ3n) is 1.81. The molecule has 1 aromatic rings. The van der Waals surface area contributed by atoms with Crippen LogP contribution in [0.3, 0.4) is 0 Å². The minimum atomic E-state index is -3.93. The van der Waals surface area contributed by atoms with Gasteiger partial charge in [-0.1, -0.05) is 0 Å². The first-order chi connectivity index (χ1) is 8.98. The monoisotopic (exact) mass is 321 g/mol. The molecule has 7 nitrogen and oxygen atoms in total. The highest BCUT2D eigenvalue weighted by molar-refractivity contribution is 7.93. The first-order valence-electron chi connectivity index (χ1n) is 5.53. The molecule has 112 valence electrons. The molecule has 1 aromatic heterocycles. The Balaban J connectivity index is 2.70. The van der Waals surface area contributed by atoms with Crippen LogP contribution >= 0.6 is 11.3 Å². The topological polar surface area (TPSA) is 110 Å². The van der Waals surface area contributed by atoms with Crippen LogP contribution in [0.1, 0.15) is 30.4 Å².